The molecule has 0 bridgehead atoms. The molecule has 1 unspecified atom stereocenters. The highest BCUT2D eigenvalue weighted by atomic mass is 32.2. The first-order chi connectivity index (χ1) is 12.2. The summed E-state index contributed by atoms with van der Waals surface area (Å²) < 4.78 is 6.34. The van der Waals surface area contributed by atoms with E-state index in [2.05, 4.69) is 17.4 Å². The number of carbonyl (C=O) groups is 1. The van der Waals surface area contributed by atoms with Gasteiger partial charge in [0.15, 0.2) is 0 Å². The van der Waals surface area contributed by atoms with Crippen LogP contribution in [0.5, 0.6) is 0 Å². The fraction of sp³-hybridized carbons (Fsp3) is 0.250. The van der Waals surface area contributed by atoms with Crippen molar-refractivity contribution in [2.75, 3.05) is 11.5 Å². The number of thioether (sulfide) groups is 2. The maximum absolute atomic E-state index is 12.5. The van der Waals surface area contributed by atoms with E-state index >= 15 is 0 Å². The molecule has 1 N–H and O–H groups in total. The second kappa shape index (κ2) is 7.18. The van der Waals surface area contributed by atoms with Crippen molar-refractivity contribution in [3.63, 3.8) is 0 Å². The van der Waals surface area contributed by atoms with E-state index in [9.17, 15) is 4.79 Å². The van der Waals surface area contributed by atoms with Gasteiger partial charge in [0.1, 0.15) is 11.3 Å². The zero-order valence-corrected chi connectivity index (χ0v) is 15.5. The van der Waals surface area contributed by atoms with Gasteiger partial charge in [0, 0.05) is 22.5 Å². The Morgan fingerprint density at radius 1 is 1.12 bits per heavy atom. The third-order valence-electron chi connectivity index (χ3n) is 4.29. The van der Waals surface area contributed by atoms with Crippen LogP contribution < -0.4 is 5.32 Å². The molecule has 0 aliphatic carbocycles. The molecule has 1 aliphatic rings. The lowest BCUT2D eigenvalue weighted by molar-refractivity contribution is 0.0935. The Kier molecular flexibility index (Phi) is 4.77. The predicted molar refractivity (Wildman–Crippen MR) is 106 cm³/mol. The van der Waals surface area contributed by atoms with Crippen LogP contribution >= 0.6 is 23.5 Å². The van der Waals surface area contributed by atoms with Crippen molar-refractivity contribution in [2.45, 2.75) is 17.5 Å². The third-order valence-corrected chi connectivity index (χ3v) is 7.39. The highest BCUT2D eigenvalue weighted by Crippen LogP contribution is 2.45. The largest absolute Gasteiger partial charge is 0.459 e. The normalized spacial score (nSPS) is 16.2. The number of rotatable bonds is 4. The molecule has 0 saturated carbocycles. The number of amides is 1. The predicted octanol–water partition coefficient (Wildman–Crippen LogP) is 5.40. The highest BCUT2D eigenvalue weighted by Gasteiger charge is 2.19. The van der Waals surface area contributed by atoms with Gasteiger partial charge in [-0.25, -0.2) is 0 Å². The number of hydrogen-bond donors (Lipinski definition) is 1. The van der Waals surface area contributed by atoms with Crippen LogP contribution in [0.15, 0.2) is 59.0 Å². The minimum Gasteiger partial charge on any atom is -0.459 e. The summed E-state index contributed by atoms with van der Waals surface area (Å²) >= 11 is 3.94. The maximum Gasteiger partial charge on any atom is 0.251 e. The second-order valence-corrected chi connectivity index (χ2v) is 8.80. The number of fused-ring (bicyclic) bond motifs is 1. The van der Waals surface area contributed by atoms with E-state index in [1.807, 2.05) is 72.9 Å². The molecule has 1 saturated heterocycles. The maximum atomic E-state index is 12.5. The van der Waals surface area contributed by atoms with Gasteiger partial charge < -0.3 is 9.73 Å². The van der Waals surface area contributed by atoms with E-state index in [-0.39, 0.29) is 11.9 Å². The molecule has 0 spiro atoms. The molecular formula is C20H19NO2S2. The quantitative estimate of drug-likeness (QED) is 0.668. The van der Waals surface area contributed by atoms with Crippen molar-refractivity contribution >= 4 is 40.4 Å². The van der Waals surface area contributed by atoms with Crippen LogP contribution in [-0.2, 0) is 0 Å². The van der Waals surface area contributed by atoms with Crippen molar-refractivity contribution < 1.29 is 9.21 Å². The fourth-order valence-corrected chi connectivity index (χ4v) is 5.77. The summed E-state index contributed by atoms with van der Waals surface area (Å²) in [5, 5.41) is 4.07. The summed E-state index contributed by atoms with van der Waals surface area (Å²) in [7, 11) is 0. The van der Waals surface area contributed by atoms with E-state index in [4.69, 9.17) is 4.42 Å². The first-order valence-electron chi connectivity index (χ1n) is 8.33. The van der Waals surface area contributed by atoms with Crippen LogP contribution in [0.3, 0.4) is 0 Å². The third kappa shape index (κ3) is 3.58. The summed E-state index contributed by atoms with van der Waals surface area (Å²) in [6, 6.07) is 17.6. The van der Waals surface area contributed by atoms with E-state index < -0.39 is 0 Å². The molecule has 1 fully saturated rings. The van der Waals surface area contributed by atoms with Crippen LogP contribution in [0.1, 0.15) is 39.2 Å². The molecule has 1 aromatic heterocycles. The van der Waals surface area contributed by atoms with Gasteiger partial charge in [-0.05, 0) is 36.8 Å². The van der Waals surface area contributed by atoms with E-state index in [1.165, 1.54) is 17.1 Å². The lowest BCUT2D eigenvalue weighted by Gasteiger charge is -2.12. The summed E-state index contributed by atoms with van der Waals surface area (Å²) in [5.74, 6) is 3.09. The molecule has 2 heterocycles. The van der Waals surface area contributed by atoms with Gasteiger partial charge in [-0.15, -0.1) is 23.5 Å². The standard InChI is InChI=1S/C20H19NO2S2/c1-13(18-12-16-4-2-3-5-17(16)23-18)21-19(22)14-6-8-15(9-7-14)20-24-10-11-25-20/h2-9,12-13,20H,10-11H2,1H3,(H,21,22). The van der Waals surface area contributed by atoms with Gasteiger partial charge in [0.25, 0.3) is 5.91 Å². The van der Waals surface area contributed by atoms with E-state index in [0.717, 1.165) is 16.7 Å². The van der Waals surface area contributed by atoms with Gasteiger partial charge in [-0.1, -0.05) is 30.3 Å². The number of carbonyl (C=O) groups excluding carboxylic acids is 1. The molecule has 0 radical (unpaired) electrons. The van der Waals surface area contributed by atoms with Gasteiger partial charge in [-0.3, -0.25) is 4.79 Å². The van der Waals surface area contributed by atoms with E-state index in [1.54, 1.807) is 0 Å². The highest BCUT2D eigenvalue weighted by molar-refractivity contribution is 8.19. The first kappa shape index (κ1) is 16.6. The van der Waals surface area contributed by atoms with Crippen LogP contribution in [0.25, 0.3) is 11.0 Å². The van der Waals surface area contributed by atoms with Gasteiger partial charge >= 0.3 is 0 Å². The van der Waals surface area contributed by atoms with Gasteiger partial charge in [-0.2, -0.15) is 0 Å². The molecule has 2 aromatic carbocycles. The lowest BCUT2D eigenvalue weighted by Crippen LogP contribution is -2.26. The Morgan fingerprint density at radius 2 is 1.84 bits per heavy atom. The van der Waals surface area contributed by atoms with Crippen molar-refractivity contribution in [1.82, 2.24) is 5.32 Å². The molecule has 3 aromatic rings. The molecule has 128 valence electrons. The topological polar surface area (TPSA) is 42.2 Å². The Balaban J connectivity index is 1.45. The van der Waals surface area contributed by atoms with Crippen molar-refractivity contribution in [3.05, 3.63) is 71.5 Å². The second-order valence-electron chi connectivity index (χ2n) is 6.08. The van der Waals surface area contributed by atoms with Crippen molar-refractivity contribution in [3.8, 4) is 0 Å². The molecule has 4 rings (SSSR count). The Hall–Kier alpha value is -1.85. The number of nitrogens with one attached hydrogen (secondary N) is 1. The lowest BCUT2D eigenvalue weighted by atomic mass is 10.1. The molecule has 5 heteroatoms. The summed E-state index contributed by atoms with van der Waals surface area (Å²) in [4.78, 5) is 12.5. The van der Waals surface area contributed by atoms with Crippen LogP contribution in [0.2, 0.25) is 0 Å². The van der Waals surface area contributed by atoms with Crippen LogP contribution in [-0.4, -0.2) is 17.4 Å². The van der Waals surface area contributed by atoms with Crippen LogP contribution in [0, 0.1) is 0 Å². The smallest absolute Gasteiger partial charge is 0.251 e. The number of para-hydroxylation sites is 1. The molecule has 3 nitrogen and oxygen atoms in total. The number of benzene rings is 2. The summed E-state index contributed by atoms with van der Waals surface area (Å²) in [5.41, 5.74) is 2.81. The van der Waals surface area contributed by atoms with Gasteiger partial charge in [0.2, 0.25) is 0 Å². The number of furan rings is 1. The molecular weight excluding hydrogens is 350 g/mol. The average molecular weight is 370 g/mol. The summed E-state index contributed by atoms with van der Waals surface area (Å²) in [6.45, 7) is 1.94. The van der Waals surface area contributed by atoms with E-state index in [0.29, 0.717) is 10.1 Å². The minimum atomic E-state index is -0.180. The average Bonchev–Trinajstić information content (AvgIpc) is 3.31. The molecule has 1 amide bonds. The SMILES string of the molecule is CC(NC(=O)c1ccc(C2SCCS2)cc1)c1cc2ccccc2o1. The zero-order valence-electron chi connectivity index (χ0n) is 13.9. The van der Waals surface area contributed by atoms with Crippen molar-refractivity contribution in [2.24, 2.45) is 0 Å². The van der Waals surface area contributed by atoms with Gasteiger partial charge in [0.05, 0.1) is 10.6 Å². The molecule has 25 heavy (non-hydrogen) atoms. The first-order valence-corrected chi connectivity index (χ1v) is 10.4. The monoisotopic (exact) mass is 369 g/mol. The van der Waals surface area contributed by atoms with Crippen molar-refractivity contribution in [1.29, 1.82) is 0 Å². The Bertz CT molecular complexity index is 849. The van der Waals surface area contributed by atoms with Crippen LogP contribution in [0.4, 0.5) is 0 Å². The zero-order chi connectivity index (χ0) is 17.2. The minimum absolute atomic E-state index is 0.0776. The summed E-state index contributed by atoms with van der Waals surface area (Å²) in [6.07, 6.45) is 0. The Morgan fingerprint density at radius 3 is 2.56 bits per heavy atom. The molecule has 1 aliphatic heterocycles. The Labute approximate surface area is 155 Å². The fourth-order valence-electron chi connectivity index (χ4n) is 2.91. The molecule has 1 atom stereocenters. The number of hydrogen-bond acceptors (Lipinski definition) is 4.